The lowest BCUT2D eigenvalue weighted by molar-refractivity contribution is -0.123. The minimum absolute atomic E-state index is 0.170. The molecule has 1 unspecified atom stereocenters. The highest BCUT2D eigenvalue weighted by Crippen LogP contribution is 2.27. The summed E-state index contributed by atoms with van der Waals surface area (Å²) in [5.74, 6) is -0.269. The van der Waals surface area contributed by atoms with Gasteiger partial charge in [0.2, 0.25) is 5.91 Å². The van der Waals surface area contributed by atoms with Gasteiger partial charge < -0.3 is 15.8 Å². The van der Waals surface area contributed by atoms with Gasteiger partial charge in [-0.1, -0.05) is 6.42 Å². The summed E-state index contributed by atoms with van der Waals surface area (Å²) >= 11 is 1.27. The molecular formula is C15H25N3O4S2. The summed E-state index contributed by atoms with van der Waals surface area (Å²) in [4.78, 5) is 12.6. The largest absolute Gasteiger partial charge is 0.383 e. The highest BCUT2D eigenvalue weighted by Gasteiger charge is 2.27. The molecule has 0 bridgehead atoms. The van der Waals surface area contributed by atoms with Gasteiger partial charge in [-0.15, -0.1) is 11.3 Å². The number of thiophene rings is 1. The van der Waals surface area contributed by atoms with Crippen LogP contribution in [0.2, 0.25) is 0 Å². The van der Waals surface area contributed by atoms with Crippen molar-refractivity contribution < 1.29 is 17.9 Å². The zero-order valence-electron chi connectivity index (χ0n) is 13.9. The number of rotatable bonds is 8. The van der Waals surface area contributed by atoms with Crippen molar-refractivity contribution in [2.75, 3.05) is 33.4 Å². The van der Waals surface area contributed by atoms with E-state index in [9.17, 15) is 13.2 Å². The summed E-state index contributed by atoms with van der Waals surface area (Å²) in [5, 5.41) is 2.73. The van der Waals surface area contributed by atoms with Crippen LogP contribution >= 0.6 is 11.3 Å². The molecule has 9 heteroatoms. The number of nitrogens with one attached hydrogen (secondary N) is 1. The first-order chi connectivity index (χ1) is 11.4. The van der Waals surface area contributed by atoms with Crippen molar-refractivity contribution >= 4 is 27.3 Å². The Morgan fingerprint density at radius 3 is 2.75 bits per heavy atom. The molecule has 2 heterocycles. The van der Waals surface area contributed by atoms with Crippen molar-refractivity contribution in [2.24, 2.45) is 5.73 Å². The van der Waals surface area contributed by atoms with Gasteiger partial charge in [-0.05, 0) is 31.4 Å². The average molecular weight is 376 g/mol. The van der Waals surface area contributed by atoms with Gasteiger partial charge in [0.05, 0.1) is 6.61 Å². The maximum Gasteiger partial charge on any atom is 0.252 e. The van der Waals surface area contributed by atoms with Crippen molar-refractivity contribution in [3.05, 3.63) is 17.0 Å². The lowest BCUT2D eigenvalue weighted by Gasteiger charge is -2.25. The number of carbonyl (C=O) groups excluding carboxylic acids is 1. The molecule has 0 radical (unpaired) electrons. The van der Waals surface area contributed by atoms with Crippen molar-refractivity contribution in [3.8, 4) is 0 Å². The summed E-state index contributed by atoms with van der Waals surface area (Å²) in [6, 6.07) is 2.78. The molecule has 1 aromatic heterocycles. The predicted octanol–water partition coefficient (Wildman–Crippen LogP) is 0.555. The van der Waals surface area contributed by atoms with Gasteiger partial charge >= 0.3 is 0 Å². The van der Waals surface area contributed by atoms with Gasteiger partial charge in [-0.25, -0.2) is 8.42 Å². The van der Waals surface area contributed by atoms with E-state index >= 15 is 0 Å². The fraction of sp³-hybridized carbons (Fsp3) is 0.667. The smallest absolute Gasteiger partial charge is 0.252 e. The summed E-state index contributed by atoms with van der Waals surface area (Å²) in [5.41, 5.74) is 5.63. The monoisotopic (exact) mass is 375 g/mol. The number of methoxy groups -OCH3 is 1. The van der Waals surface area contributed by atoms with E-state index in [1.165, 1.54) is 18.4 Å². The Bertz CT molecular complexity index is 639. The Morgan fingerprint density at radius 2 is 2.08 bits per heavy atom. The van der Waals surface area contributed by atoms with E-state index in [0.717, 1.165) is 24.1 Å². The van der Waals surface area contributed by atoms with Crippen LogP contribution in [0.3, 0.4) is 0 Å². The quantitative estimate of drug-likeness (QED) is 0.691. The Labute approximate surface area is 147 Å². The van der Waals surface area contributed by atoms with Crippen LogP contribution in [0, 0.1) is 0 Å². The van der Waals surface area contributed by atoms with Crippen molar-refractivity contribution in [3.63, 3.8) is 0 Å². The van der Waals surface area contributed by atoms with Crippen molar-refractivity contribution in [2.45, 2.75) is 35.9 Å². The highest BCUT2D eigenvalue weighted by atomic mass is 32.2. The van der Waals surface area contributed by atoms with E-state index < -0.39 is 16.1 Å². The molecule has 1 aliphatic heterocycles. The fourth-order valence-electron chi connectivity index (χ4n) is 2.56. The van der Waals surface area contributed by atoms with E-state index in [0.29, 0.717) is 30.3 Å². The molecule has 24 heavy (non-hydrogen) atoms. The number of carbonyl (C=O) groups is 1. The Kier molecular flexibility index (Phi) is 7.17. The van der Waals surface area contributed by atoms with Crippen LogP contribution in [-0.4, -0.2) is 58.0 Å². The first kappa shape index (κ1) is 19.3. The van der Waals surface area contributed by atoms with E-state index in [1.807, 2.05) is 6.07 Å². The van der Waals surface area contributed by atoms with E-state index in [2.05, 4.69) is 5.32 Å². The van der Waals surface area contributed by atoms with Gasteiger partial charge in [0.25, 0.3) is 10.0 Å². The molecule has 3 N–H and O–H groups in total. The zero-order valence-corrected chi connectivity index (χ0v) is 15.5. The van der Waals surface area contributed by atoms with Crippen LogP contribution in [0.5, 0.6) is 0 Å². The van der Waals surface area contributed by atoms with Gasteiger partial charge in [0, 0.05) is 31.6 Å². The number of nitrogens with two attached hydrogens (primary N) is 1. The van der Waals surface area contributed by atoms with Crippen LogP contribution < -0.4 is 11.1 Å². The number of amides is 1. The lowest BCUT2D eigenvalue weighted by Crippen LogP contribution is -2.44. The first-order valence-electron chi connectivity index (χ1n) is 8.06. The SMILES string of the molecule is COCC(N)C(=O)NCCc1ccc(S(=O)(=O)N2CCCCC2)s1. The summed E-state index contributed by atoms with van der Waals surface area (Å²) < 4.78 is 31.9. The first-order valence-corrected chi connectivity index (χ1v) is 10.3. The number of nitrogens with zero attached hydrogens (tertiary/aromatic N) is 1. The molecule has 1 saturated heterocycles. The molecule has 0 saturated carbocycles. The Balaban J connectivity index is 1.87. The second-order valence-electron chi connectivity index (χ2n) is 5.79. The molecule has 2 rings (SSSR count). The van der Waals surface area contributed by atoms with Gasteiger partial charge in [-0.3, -0.25) is 4.79 Å². The number of ether oxygens (including phenoxy) is 1. The van der Waals surface area contributed by atoms with Gasteiger partial charge in [-0.2, -0.15) is 4.31 Å². The third kappa shape index (κ3) is 5.00. The molecule has 1 aromatic rings. The van der Waals surface area contributed by atoms with Crippen molar-refractivity contribution in [1.82, 2.24) is 9.62 Å². The number of hydrogen-bond donors (Lipinski definition) is 2. The molecule has 7 nitrogen and oxygen atoms in total. The molecule has 0 spiro atoms. The number of piperidine rings is 1. The minimum atomic E-state index is -3.38. The predicted molar refractivity (Wildman–Crippen MR) is 93.5 cm³/mol. The van der Waals surface area contributed by atoms with E-state index in [1.54, 1.807) is 10.4 Å². The zero-order chi connectivity index (χ0) is 17.6. The van der Waals surface area contributed by atoms with Crippen LogP contribution in [-0.2, 0) is 26.0 Å². The average Bonchev–Trinajstić information content (AvgIpc) is 3.05. The fourth-order valence-corrected chi connectivity index (χ4v) is 5.59. The molecule has 1 atom stereocenters. The third-order valence-electron chi connectivity index (χ3n) is 3.90. The maximum atomic E-state index is 12.6. The van der Waals surface area contributed by atoms with Gasteiger partial charge in [0.1, 0.15) is 10.3 Å². The van der Waals surface area contributed by atoms with Crippen LogP contribution in [0.25, 0.3) is 0 Å². The topological polar surface area (TPSA) is 102 Å². The minimum Gasteiger partial charge on any atom is -0.383 e. The molecule has 1 fully saturated rings. The summed E-state index contributed by atoms with van der Waals surface area (Å²) in [6.45, 7) is 1.79. The molecule has 0 aliphatic carbocycles. The van der Waals surface area contributed by atoms with Crippen LogP contribution in [0.15, 0.2) is 16.3 Å². The maximum absolute atomic E-state index is 12.6. The summed E-state index contributed by atoms with van der Waals surface area (Å²) in [6.07, 6.45) is 3.51. The Morgan fingerprint density at radius 1 is 1.38 bits per heavy atom. The molecule has 136 valence electrons. The molecule has 1 amide bonds. The normalized spacial score (nSPS) is 17.6. The third-order valence-corrected chi connectivity index (χ3v) is 7.41. The second-order valence-corrected chi connectivity index (χ2v) is 9.12. The van der Waals surface area contributed by atoms with E-state index in [4.69, 9.17) is 10.5 Å². The standard InChI is InChI=1S/C15H25N3O4S2/c1-22-11-13(16)15(19)17-8-7-12-5-6-14(23-12)24(20,21)18-9-3-2-4-10-18/h5-6,13H,2-4,7-11,16H2,1H3,(H,17,19). The number of hydrogen-bond acceptors (Lipinski definition) is 6. The summed E-state index contributed by atoms with van der Waals surface area (Å²) in [7, 11) is -1.89. The second kappa shape index (κ2) is 8.91. The van der Waals surface area contributed by atoms with Crippen LogP contribution in [0.4, 0.5) is 0 Å². The number of sulfonamides is 1. The highest BCUT2D eigenvalue weighted by molar-refractivity contribution is 7.91. The van der Waals surface area contributed by atoms with E-state index in [-0.39, 0.29) is 12.5 Å². The molecular weight excluding hydrogens is 350 g/mol. The van der Waals surface area contributed by atoms with Gasteiger partial charge in [0.15, 0.2) is 0 Å². The molecule has 1 aliphatic rings. The Hall–Kier alpha value is -1.00. The lowest BCUT2D eigenvalue weighted by atomic mass is 10.2. The van der Waals surface area contributed by atoms with Crippen molar-refractivity contribution in [1.29, 1.82) is 0 Å². The molecule has 0 aromatic carbocycles. The van der Waals surface area contributed by atoms with Crippen LogP contribution in [0.1, 0.15) is 24.1 Å².